The molecule has 1 amide bonds. The number of rotatable bonds is 6. The maximum atomic E-state index is 11.8. The monoisotopic (exact) mass is 334 g/mol. The summed E-state index contributed by atoms with van der Waals surface area (Å²) in [6.07, 6.45) is 2.73. The van der Waals surface area contributed by atoms with Crippen LogP contribution in [0.2, 0.25) is 0 Å². The minimum absolute atomic E-state index is 0.148. The van der Waals surface area contributed by atoms with Gasteiger partial charge in [0.25, 0.3) is 0 Å². The first-order chi connectivity index (χ1) is 11.6. The van der Waals surface area contributed by atoms with Crippen LogP contribution in [0, 0.1) is 0 Å². The summed E-state index contributed by atoms with van der Waals surface area (Å²) < 4.78 is 10.5. The van der Waals surface area contributed by atoms with Gasteiger partial charge in [0.1, 0.15) is 6.61 Å². The Bertz CT molecular complexity index is 525. The lowest BCUT2D eigenvalue weighted by Crippen LogP contribution is -2.56. The van der Waals surface area contributed by atoms with Gasteiger partial charge in [0, 0.05) is 44.7 Å². The summed E-state index contributed by atoms with van der Waals surface area (Å²) in [5, 5.41) is 16.7. The van der Waals surface area contributed by atoms with Gasteiger partial charge in [-0.3, -0.25) is 0 Å². The smallest absolute Gasteiger partial charge is 0.407 e. The summed E-state index contributed by atoms with van der Waals surface area (Å²) in [5.41, 5.74) is 0.330. The molecule has 1 heterocycles. The summed E-state index contributed by atoms with van der Waals surface area (Å²) in [4.78, 5) is 11.8. The van der Waals surface area contributed by atoms with Gasteiger partial charge in [0.2, 0.25) is 0 Å². The third kappa shape index (κ3) is 4.93. The van der Waals surface area contributed by atoms with E-state index in [9.17, 15) is 9.90 Å². The Morgan fingerprint density at radius 1 is 1.21 bits per heavy atom. The quantitative estimate of drug-likeness (QED) is 0.736. The van der Waals surface area contributed by atoms with Gasteiger partial charge in [-0.05, 0) is 18.4 Å². The van der Waals surface area contributed by atoms with E-state index in [4.69, 9.17) is 9.47 Å². The highest BCUT2D eigenvalue weighted by atomic mass is 16.5. The summed E-state index contributed by atoms with van der Waals surface area (Å²) in [6.45, 7) is 2.13. The summed E-state index contributed by atoms with van der Waals surface area (Å²) in [6, 6.07) is 10.1. The number of alkyl carbamates (subject to hydrolysis) is 1. The molecule has 0 atom stereocenters. The highest BCUT2D eigenvalue weighted by Gasteiger charge is 2.34. The Morgan fingerprint density at radius 2 is 1.92 bits per heavy atom. The van der Waals surface area contributed by atoms with Crippen LogP contribution in [0.4, 0.5) is 4.79 Å². The second kappa shape index (κ2) is 7.96. The molecule has 0 spiro atoms. The second-order valence-electron chi connectivity index (χ2n) is 6.79. The molecule has 1 aromatic carbocycles. The lowest BCUT2D eigenvalue weighted by molar-refractivity contribution is -0.0642. The molecule has 1 aromatic rings. The van der Waals surface area contributed by atoms with Crippen LogP contribution in [-0.4, -0.2) is 48.6 Å². The average molecular weight is 334 g/mol. The summed E-state index contributed by atoms with van der Waals surface area (Å²) in [5.74, 6) is 0. The zero-order valence-corrected chi connectivity index (χ0v) is 13.9. The van der Waals surface area contributed by atoms with Crippen molar-refractivity contribution in [2.75, 3.05) is 19.8 Å². The van der Waals surface area contributed by atoms with Crippen LogP contribution >= 0.6 is 0 Å². The van der Waals surface area contributed by atoms with Gasteiger partial charge in [0.15, 0.2) is 0 Å². The number of aliphatic hydroxyl groups is 1. The maximum absolute atomic E-state index is 11.8. The number of carbonyl (C=O) groups is 1. The Kier molecular flexibility index (Phi) is 5.71. The number of hydrogen-bond donors (Lipinski definition) is 3. The minimum Gasteiger partial charge on any atom is -0.445 e. The van der Waals surface area contributed by atoms with E-state index in [1.54, 1.807) is 0 Å². The molecule has 2 fully saturated rings. The third-order valence-electron chi connectivity index (χ3n) is 4.82. The highest BCUT2D eigenvalue weighted by Crippen LogP contribution is 2.23. The van der Waals surface area contributed by atoms with E-state index in [1.807, 2.05) is 30.3 Å². The normalized spacial score (nSPS) is 25.5. The van der Waals surface area contributed by atoms with Gasteiger partial charge >= 0.3 is 6.09 Å². The molecule has 0 bridgehead atoms. The number of ether oxygens (including phenoxy) is 2. The number of carbonyl (C=O) groups excluding carboxylic acids is 1. The number of amides is 1. The molecule has 6 heteroatoms. The third-order valence-corrected chi connectivity index (χ3v) is 4.82. The van der Waals surface area contributed by atoms with E-state index in [0.717, 1.165) is 18.4 Å². The van der Waals surface area contributed by atoms with Crippen LogP contribution in [0.1, 0.15) is 31.2 Å². The molecular formula is C18H26N2O4. The van der Waals surface area contributed by atoms with Crippen LogP contribution in [0.25, 0.3) is 0 Å². The maximum Gasteiger partial charge on any atom is 0.407 e. The first-order valence-corrected chi connectivity index (χ1v) is 8.64. The fraction of sp³-hybridized carbons (Fsp3) is 0.611. The van der Waals surface area contributed by atoms with Crippen molar-refractivity contribution in [3.05, 3.63) is 35.9 Å². The number of hydrogen-bond acceptors (Lipinski definition) is 5. The molecular weight excluding hydrogens is 308 g/mol. The highest BCUT2D eigenvalue weighted by molar-refractivity contribution is 5.67. The van der Waals surface area contributed by atoms with Gasteiger partial charge < -0.3 is 25.2 Å². The molecule has 0 aromatic heterocycles. The molecule has 0 unspecified atom stereocenters. The zero-order chi connectivity index (χ0) is 16.8. The molecule has 1 saturated heterocycles. The lowest BCUT2D eigenvalue weighted by Gasteiger charge is -2.39. The van der Waals surface area contributed by atoms with E-state index >= 15 is 0 Å². The largest absolute Gasteiger partial charge is 0.445 e. The molecule has 1 aliphatic heterocycles. The fourth-order valence-corrected chi connectivity index (χ4v) is 3.10. The van der Waals surface area contributed by atoms with E-state index in [2.05, 4.69) is 10.6 Å². The standard InChI is InChI=1S/C18H26N2O4/c21-17(24-12-14-4-2-1-3-5-14)20-16-10-15(11-16)19-13-18(22)6-8-23-9-7-18/h1-5,15-16,19,22H,6-13H2,(H,20,21). The topological polar surface area (TPSA) is 79.8 Å². The fourth-order valence-electron chi connectivity index (χ4n) is 3.10. The summed E-state index contributed by atoms with van der Waals surface area (Å²) in [7, 11) is 0. The molecule has 6 nitrogen and oxygen atoms in total. The summed E-state index contributed by atoms with van der Waals surface area (Å²) >= 11 is 0. The molecule has 1 saturated carbocycles. The van der Waals surface area contributed by atoms with Crippen molar-refractivity contribution in [3.63, 3.8) is 0 Å². The van der Waals surface area contributed by atoms with Gasteiger partial charge in [-0.1, -0.05) is 30.3 Å². The predicted octanol–water partition coefficient (Wildman–Crippen LogP) is 1.57. The first-order valence-electron chi connectivity index (χ1n) is 8.64. The SMILES string of the molecule is O=C(NC1CC(NCC2(O)CCOCC2)C1)OCc1ccccc1. The van der Waals surface area contributed by atoms with Crippen molar-refractivity contribution in [1.82, 2.24) is 10.6 Å². The van der Waals surface area contributed by atoms with Crippen molar-refractivity contribution in [2.45, 2.75) is 50.0 Å². The van der Waals surface area contributed by atoms with Crippen molar-refractivity contribution < 1.29 is 19.4 Å². The molecule has 0 radical (unpaired) electrons. The van der Waals surface area contributed by atoms with Crippen LogP contribution < -0.4 is 10.6 Å². The van der Waals surface area contributed by atoms with E-state index in [0.29, 0.717) is 38.6 Å². The Labute approximate surface area is 142 Å². The first kappa shape index (κ1) is 17.2. The Balaban J connectivity index is 1.28. The van der Waals surface area contributed by atoms with Gasteiger partial charge in [0.05, 0.1) is 5.60 Å². The Hall–Kier alpha value is -1.63. The van der Waals surface area contributed by atoms with Crippen LogP contribution in [-0.2, 0) is 16.1 Å². The van der Waals surface area contributed by atoms with Crippen molar-refractivity contribution in [3.8, 4) is 0 Å². The van der Waals surface area contributed by atoms with E-state index in [-0.39, 0.29) is 18.7 Å². The van der Waals surface area contributed by atoms with Crippen LogP contribution in [0.3, 0.4) is 0 Å². The number of benzene rings is 1. The average Bonchev–Trinajstić information content (AvgIpc) is 2.56. The van der Waals surface area contributed by atoms with Gasteiger partial charge in [-0.25, -0.2) is 4.79 Å². The molecule has 3 rings (SSSR count). The molecule has 2 aliphatic rings. The van der Waals surface area contributed by atoms with Crippen LogP contribution in [0.15, 0.2) is 30.3 Å². The van der Waals surface area contributed by atoms with E-state index < -0.39 is 5.60 Å². The molecule has 3 N–H and O–H groups in total. The minimum atomic E-state index is -0.647. The lowest BCUT2D eigenvalue weighted by atomic mass is 9.85. The van der Waals surface area contributed by atoms with Crippen molar-refractivity contribution >= 4 is 6.09 Å². The molecule has 1 aliphatic carbocycles. The van der Waals surface area contributed by atoms with Crippen LogP contribution in [0.5, 0.6) is 0 Å². The molecule has 24 heavy (non-hydrogen) atoms. The van der Waals surface area contributed by atoms with Gasteiger partial charge in [-0.15, -0.1) is 0 Å². The predicted molar refractivity (Wildman–Crippen MR) is 89.6 cm³/mol. The second-order valence-corrected chi connectivity index (χ2v) is 6.79. The molecule has 132 valence electrons. The van der Waals surface area contributed by atoms with Gasteiger partial charge in [-0.2, -0.15) is 0 Å². The van der Waals surface area contributed by atoms with Crippen molar-refractivity contribution in [2.24, 2.45) is 0 Å². The van der Waals surface area contributed by atoms with Crippen molar-refractivity contribution in [1.29, 1.82) is 0 Å². The zero-order valence-electron chi connectivity index (χ0n) is 13.9. The number of nitrogens with one attached hydrogen (secondary N) is 2. The van der Waals surface area contributed by atoms with E-state index in [1.165, 1.54) is 0 Å². The Morgan fingerprint density at radius 3 is 2.62 bits per heavy atom.